The van der Waals surface area contributed by atoms with Crippen LogP contribution in [0.25, 0.3) is 0 Å². The predicted molar refractivity (Wildman–Crippen MR) is 51.6 cm³/mol. The van der Waals surface area contributed by atoms with Gasteiger partial charge in [-0.1, -0.05) is 4.49 Å². The second-order valence-corrected chi connectivity index (χ2v) is 3.67. The van der Waals surface area contributed by atoms with Gasteiger partial charge in [-0.2, -0.15) is 11.3 Å². The van der Waals surface area contributed by atoms with Crippen molar-refractivity contribution in [2.24, 2.45) is 0 Å². The molecule has 2 heterocycles. The van der Waals surface area contributed by atoms with Crippen molar-refractivity contribution in [3.8, 4) is 0 Å². The van der Waals surface area contributed by atoms with Crippen molar-refractivity contribution in [3.63, 3.8) is 0 Å². The van der Waals surface area contributed by atoms with Crippen molar-refractivity contribution in [2.45, 2.75) is 6.54 Å². The Morgan fingerprint density at radius 1 is 1.42 bits per heavy atom. The van der Waals surface area contributed by atoms with Gasteiger partial charge in [0.15, 0.2) is 5.82 Å². The van der Waals surface area contributed by atoms with Gasteiger partial charge in [-0.25, -0.2) is 0 Å². The third kappa shape index (κ3) is 1.80. The molecule has 0 unspecified atom stereocenters. The Morgan fingerprint density at radius 2 is 2.42 bits per heavy atom. The number of nitrogens with zero attached hydrogens (tertiary/aromatic N) is 2. The molecule has 2 aromatic rings. The van der Waals surface area contributed by atoms with Gasteiger partial charge in [0.2, 0.25) is 0 Å². The lowest BCUT2D eigenvalue weighted by molar-refractivity contribution is 1.08. The maximum atomic E-state index is 3.88. The number of anilines is 1. The fourth-order valence-electron chi connectivity index (χ4n) is 0.827. The first-order chi connectivity index (χ1) is 5.95. The normalized spacial score (nSPS) is 10.0. The summed E-state index contributed by atoms with van der Waals surface area (Å²) in [5.74, 6) is 0.853. The van der Waals surface area contributed by atoms with Crippen molar-refractivity contribution in [1.82, 2.24) is 9.59 Å². The summed E-state index contributed by atoms with van der Waals surface area (Å²) in [5.41, 5.74) is 1.29. The molecule has 0 bridgehead atoms. The van der Waals surface area contributed by atoms with Crippen LogP contribution < -0.4 is 5.32 Å². The lowest BCUT2D eigenvalue weighted by Gasteiger charge is -1.97. The molecule has 0 saturated heterocycles. The van der Waals surface area contributed by atoms with Crippen LogP contribution in [-0.2, 0) is 6.54 Å². The lowest BCUT2D eigenvalue weighted by Crippen LogP contribution is -1.97. The average molecular weight is 197 g/mol. The first-order valence-electron chi connectivity index (χ1n) is 3.47. The Balaban J connectivity index is 1.91. The fourth-order valence-corrected chi connectivity index (χ4v) is 1.91. The van der Waals surface area contributed by atoms with Gasteiger partial charge >= 0.3 is 0 Å². The maximum absolute atomic E-state index is 3.88. The monoisotopic (exact) mass is 197 g/mol. The van der Waals surface area contributed by atoms with E-state index in [4.69, 9.17) is 0 Å². The second kappa shape index (κ2) is 3.64. The first-order valence-corrected chi connectivity index (χ1v) is 5.25. The van der Waals surface area contributed by atoms with Crippen molar-refractivity contribution in [2.75, 3.05) is 5.32 Å². The molecule has 5 heteroatoms. The van der Waals surface area contributed by atoms with E-state index in [2.05, 4.69) is 31.7 Å². The summed E-state index contributed by atoms with van der Waals surface area (Å²) in [6, 6.07) is 2.09. The highest BCUT2D eigenvalue weighted by Gasteiger charge is 1.95. The van der Waals surface area contributed by atoms with E-state index in [0.717, 1.165) is 12.4 Å². The number of rotatable bonds is 3. The third-order valence-corrected chi connectivity index (χ3v) is 2.65. The zero-order valence-electron chi connectivity index (χ0n) is 6.23. The van der Waals surface area contributed by atoms with Gasteiger partial charge in [0.05, 0.1) is 5.38 Å². The van der Waals surface area contributed by atoms with Crippen LogP contribution in [0.5, 0.6) is 0 Å². The van der Waals surface area contributed by atoms with Gasteiger partial charge in [-0.15, -0.1) is 5.10 Å². The molecule has 2 rings (SSSR count). The molecule has 0 fully saturated rings. The largest absolute Gasteiger partial charge is 0.364 e. The zero-order chi connectivity index (χ0) is 8.23. The Labute approximate surface area is 78.2 Å². The highest BCUT2D eigenvalue weighted by Crippen LogP contribution is 2.09. The zero-order valence-corrected chi connectivity index (χ0v) is 7.86. The van der Waals surface area contributed by atoms with Crippen molar-refractivity contribution < 1.29 is 0 Å². The molecule has 12 heavy (non-hydrogen) atoms. The Morgan fingerprint density at radius 3 is 3.08 bits per heavy atom. The number of hydrogen-bond donors (Lipinski definition) is 1. The van der Waals surface area contributed by atoms with E-state index in [0.29, 0.717) is 0 Å². The molecule has 0 saturated carbocycles. The third-order valence-electron chi connectivity index (χ3n) is 1.41. The van der Waals surface area contributed by atoms with Crippen LogP contribution in [0, 0.1) is 0 Å². The van der Waals surface area contributed by atoms with E-state index >= 15 is 0 Å². The summed E-state index contributed by atoms with van der Waals surface area (Å²) < 4.78 is 3.75. The molecule has 0 aliphatic heterocycles. The van der Waals surface area contributed by atoms with Crippen LogP contribution in [-0.4, -0.2) is 9.59 Å². The Kier molecular flexibility index (Phi) is 2.33. The van der Waals surface area contributed by atoms with Gasteiger partial charge in [-0.3, -0.25) is 0 Å². The summed E-state index contributed by atoms with van der Waals surface area (Å²) in [4.78, 5) is 0. The second-order valence-electron chi connectivity index (χ2n) is 2.28. The molecule has 62 valence electrons. The number of nitrogens with one attached hydrogen (secondary N) is 1. The molecular formula is C7H7N3S2. The molecule has 3 nitrogen and oxygen atoms in total. The highest BCUT2D eigenvalue weighted by atomic mass is 32.1. The summed E-state index contributed by atoms with van der Waals surface area (Å²) in [7, 11) is 0. The highest BCUT2D eigenvalue weighted by molar-refractivity contribution is 7.08. The molecule has 0 aliphatic rings. The van der Waals surface area contributed by atoms with E-state index in [1.807, 2.05) is 5.38 Å². The molecule has 0 amide bonds. The molecule has 1 N–H and O–H groups in total. The average Bonchev–Trinajstić information content (AvgIpc) is 2.74. The topological polar surface area (TPSA) is 37.8 Å². The number of thiophene rings is 1. The summed E-state index contributed by atoms with van der Waals surface area (Å²) in [5, 5.41) is 13.1. The van der Waals surface area contributed by atoms with E-state index in [1.54, 1.807) is 11.3 Å². The van der Waals surface area contributed by atoms with Gasteiger partial charge < -0.3 is 5.32 Å². The minimum atomic E-state index is 0.828. The van der Waals surface area contributed by atoms with Gasteiger partial charge in [0.1, 0.15) is 0 Å². The number of aromatic nitrogens is 2. The van der Waals surface area contributed by atoms with E-state index in [-0.39, 0.29) is 0 Å². The van der Waals surface area contributed by atoms with Crippen LogP contribution >= 0.6 is 22.9 Å². The molecule has 0 aliphatic carbocycles. The minimum absolute atomic E-state index is 0.828. The smallest absolute Gasteiger partial charge is 0.161 e. The summed E-state index contributed by atoms with van der Waals surface area (Å²) in [6.45, 7) is 0.828. The fraction of sp³-hybridized carbons (Fsp3) is 0.143. The van der Waals surface area contributed by atoms with E-state index in [1.165, 1.54) is 17.1 Å². The van der Waals surface area contributed by atoms with Crippen LogP contribution in [0.15, 0.2) is 22.2 Å². The lowest BCUT2D eigenvalue weighted by atomic mass is 10.3. The standard InChI is InChI=1S/C7H7N3S2/c1-2-11-4-6(1)3-8-7-5-12-10-9-7/h1-2,4-5,8H,3H2. The van der Waals surface area contributed by atoms with Gasteiger partial charge in [0, 0.05) is 6.54 Å². The van der Waals surface area contributed by atoms with Crippen molar-refractivity contribution >= 4 is 28.7 Å². The molecule has 0 spiro atoms. The SMILES string of the molecule is c1cc(CNc2csnn2)cs1. The molecule has 2 aromatic heterocycles. The predicted octanol–water partition coefficient (Wildman–Crippen LogP) is 2.21. The number of hydrogen-bond acceptors (Lipinski definition) is 5. The summed E-state index contributed by atoms with van der Waals surface area (Å²) in [6.07, 6.45) is 0. The maximum Gasteiger partial charge on any atom is 0.161 e. The molecule has 0 aromatic carbocycles. The van der Waals surface area contributed by atoms with Crippen LogP contribution in [0.2, 0.25) is 0 Å². The molecule has 0 atom stereocenters. The van der Waals surface area contributed by atoms with Crippen LogP contribution in [0.4, 0.5) is 5.82 Å². The van der Waals surface area contributed by atoms with Crippen molar-refractivity contribution in [1.29, 1.82) is 0 Å². The molecule has 0 radical (unpaired) electrons. The van der Waals surface area contributed by atoms with Gasteiger partial charge in [0.25, 0.3) is 0 Å². The van der Waals surface area contributed by atoms with E-state index in [9.17, 15) is 0 Å². The Bertz CT molecular complexity index is 280. The quantitative estimate of drug-likeness (QED) is 0.819. The minimum Gasteiger partial charge on any atom is -0.364 e. The van der Waals surface area contributed by atoms with E-state index < -0.39 is 0 Å². The van der Waals surface area contributed by atoms with Crippen molar-refractivity contribution in [3.05, 3.63) is 27.8 Å². The first kappa shape index (κ1) is 7.70. The van der Waals surface area contributed by atoms with Gasteiger partial charge in [-0.05, 0) is 33.9 Å². The Hall–Kier alpha value is -0.940. The summed E-state index contributed by atoms with van der Waals surface area (Å²) >= 11 is 3.06. The van der Waals surface area contributed by atoms with Crippen LogP contribution in [0.1, 0.15) is 5.56 Å². The van der Waals surface area contributed by atoms with Crippen LogP contribution in [0.3, 0.4) is 0 Å². The molecular weight excluding hydrogens is 190 g/mol.